The first-order chi connectivity index (χ1) is 7.36. The molecular formula is C11H17N3O. The Bertz CT molecular complexity index is 396. The molecule has 0 spiro atoms. The lowest BCUT2D eigenvalue weighted by Crippen LogP contribution is -2.34. The molecule has 82 valence electrons. The number of hydrogen-bond acceptors (Lipinski definition) is 2. The molecule has 1 aromatic heterocycles. The minimum atomic E-state index is 0.199. The van der Waals surface area contributed by atoms with Crippen LogP contribution in [0.1, 0.15) is 37.8 Å². The van der Waals surface area contributed by atoms with Gasteiger partial charge in [0.2, 0.25) is 0 Å². The van der Waals surface area contributed by atoms with Crippen LogP contribution in [-0.2, 0) is 0 Å². The fraction of sp³-hybridized carbons (Fsp3) is 0.727. The second-order valence-electron chi connectivity index (χ2n) is 4.61. The molecule has 4 heteroatoms. The van der Waals surface area contributed by atoms with Crippen LogP contribution < -0.4 is 11.0 Å². The second-order valence-corrected chi connectivity index (χ2v) is 4.61. The predicted octanol–water partition coefficient (Wildman–Crippen LogP) is 0.909. The number of hydrogen-bond donors (Lipinski definition) is 1. The van der Waals surface area contributed by atoms with E-state index in [4.69, 9.17) is 0 Å². The van der Waals surface area contributed by atoms with Gasteiger partial charge < -0.3 is 5.32 Å². The summed E-state index contributed by atoms with van der Waals surface area (Å²) in [6, 6.07) is 0.916. The highest BCUT2D eigenvalue weighted by Gasteiger charge is 2.27. The Labute approximate surface area is 88.9 Å². The summed E-state index contributed by atoms with van der Waals surface area (Å²) in [5.41, 5.74) is 0.199. The summed E-state index contributed by atoms with van der Waals surface area (Å²) in [7, 11) is 0. The zero-order valence-electron chi connectivity index (χ0n) is 8.85. The van der Waals surface area contributed by atoms with Crippen molar-refractivity contribution in [2.75, 3.05) is 13.1 Å². The molecule has 3 rings (SSSR count). The normalized spacial score (nSPS) is 23.2. The average Bonchev–Trinajstić information content (AvgIpc) is 3.04. The topological polar surface area (TPSA) is 39.0 Å². The van der Waals surface area contributed by atoms with Crippen LogP contribution in [0.25, 0.3) is 0 Å². The van der Waals surface area contributed by atoms with Crippen molar-refractivity contribution in [3.63, 3.8) is 0 Å². The molecule has 1 aromatic rings. The van der Waals surface area contributed by atoms with E-state index >= 15 is 0 Å². The lowest BCUT2D eigenvalue weighted by Gasteiger charge is -2.23. The third-order valence-corrected chi connectivity index (χ3v) is 3.47. The molecule has 1 saturated carbocycles. The number of nitrogens with zero attached hydrogens (tertiary/aromatic N) is 2. The lowest BCUT2D eigenvalue weighted by atomic mass is 10.1. The SMILES string of the molecule is O=c1n(C2CCNCC2)ccn1C1CC1. The van der Waals surface area contributed by atoms with Crippen LogP contribution in [0, 0.1) is 0 Å². The molecule has 0 aromatic carbocycles. The number of rotatable bonds is 2. The highest BCUT2D eigenvalue weighted by atomic mass is 16.1. The molecule has 15 heavy (non-hydrogen) atoms. The second kappa shape index (κ2) is 3.52. The van der Waals surface area contributed by atoms with Crippen LogP contribution in [0.3, 0.4) is 0 Å². The average molecular weight is 207 g/mol. The van der Waals surface area contributed by atoms with Crippen molar-refractivity contribution in [1.82, 2.24) is 14.5 Å². The molecule has 0 atom stereocenters. The summed E-state index contributed by atoms with van der Waals surface area (Å²) in [6.45, 7) is 2.07. The maximum absolute atomic E-state index is 12.1. The maximum Gasteiger partial charge on any atom is 0.328 e. The molecule has 2 heterocycles. The first kappa shape index (κ1) is 9.21. The van der Waals surface area contributed by atoms with E-state index in [1.165, 1.54) is 12.8 Å². The van der Waals surface area contributed by atoms with E-state index in [0.717, 1.165) is 25.9 Å². The molecule has 2 fully saturated rings. The van der Waals surface area contributed by atoms with Crippen LogP contribution in [0.4, 0.5) is 0 Å². The van der Waals surface area contributed by atoms with Gasteiger partial charge in [-0.15, -0.1) is 0 Å². The summed E-state index contributed by atoms with van der Waals surface area (Å²) in [6.07, 6.45) is 8.44. The van der Waals surface area contributed by atoms with Gasteiger partial charge in [0.1, 0.15) is 0 Å². The van der Waals surface area contributed by atoms with Crippen molar-refractivity contribution in [2.45, 2.75) is 37.8 Å². The summed E-state index contributed by atoms with van der Waals surface area (Å²) in [5, 5.41) is 3.32. The molecule has 2 aliphatic rings. The van der Waals surface area contributed by atoms with Crippen molar-refractivity contribution in [1.29, 1.82) is 0 Å². The highest BCUT2D eigenvalue weighted by Crippen LogP contribution is 2.33. The van der Waals surface area contributed by atoms with Gasteiger partial charge >= 0.3 is 5.69 Å². The zero-order valence-corrected chi connectivity index (χ0v) is 8.85. The summed E-state index contributed by atoms with van der Waals surface area (Å²) < 4.78 is 3.83. The molecule has 0 amide bonds. The van der Waals surface area contributed by atoms with Gasteiger partial charge in [-0.2, -0.15) is 0 Å². The Hall–Kier alpha value is -1.03. The van der Waals surface area contributed by atoms with Gasteiger partial charge in [0, 0.05) is 24.5 Å². The molecule has 4 nitrogen and oxygen atoms in total. The Morgan fingerprint density at radius 2 is 1.53 bits per heavy atom. The quantitative estimate of drug-likeness (QED) is 0.783. The third kappa shape index (κ3) is 1.63. The van der Waals surface area contributed by atoms with Gasteiger partial charge in [-0.05, 0) is 38.8 Å². The predicted molar refractivity (Wildman–Crippen MR) is 58.1 cm³/mol. The lowest BCUT2D eigenvalue weighted by molar-refractivity contribution is 0.358. The molecule has 0 radical (unpaired) electrons. The Kier molecular flexibility index (Phi) is 2.16. The third-order valence-electron chi connectivity index (χ3n) is 3.47. The Morgan fingerprint density at radius 1 is 1.00 bits per heavy atom. The summed E-state index contributed by atoms with van der Waals surface area (Å²) in [4.78, 5) is 12.1. The van der Waals surface area contributed by atoms with Crippen LogP contribution >= 0.6 is 0 Å². The van der Waals surface area contributed by atoms with Crippen molar-refractivity contribution in [3.8, 4) is 0 Å². The number of piperidine rings is 1. The smallest absolute Gasteiger partial charge is 0.317 e. The van der Waals surface area contributed by atoms with E-state index in [9.17, 15) is 4.79 Å². The van der Waals surface area contributed by atoms with Crippen molar-refractivity contribution in [3.05, 3.63) is 22.9 Å². The van der Waals surface area contributed by atoms with E-state index in [1.807, 2.05) is 21.5 Å². The van der Waals surface area contributed by atoms with Gasteiger partial charge in [-0.3, -0.25) is 9.13 Å². The summed E-state index contributed by atoms with van der Waals surface area (Å²) >= 11 is 0. The van der Waals surface area contributed by atoms with E-state index in [2.05, 4.69) is 5.32 Å². The van der Waals surface area contributed by atoms with Crippen molar-refractivity contribution < 1.29 is 0 Å². The van der Waals surface area contributed by atoms with E-state index in [0.29, 0.717) is 12.1 Å². The monoisotopic (exact) mass is 207 g/mol. The van der Waals surface area contributed by atoms with Gasteiger partial charge in [-0.1, -0.05) is 0 Å². The standard InChI is InChI=1S/C11H17N3O/c15-11-13(9-1-2-9)7-8-14(11)10-3-5-12-6-4-10/h7-10,12H,1-6H2. The van der Waals surface area contributed by atoms with Gasteiger partial charge in [0.05, 0.1) is 0 Å². The Morgan fingerprint density at radius 3 is 2.07 bits per heavy atom. The number of imidazole rings is 1. The van der Waals surface area contributed by atoms with E-state index < -0.39 is 0 Å². The van der Waals surface area contributed by atoms with Gasteiger partial charge in [-0.25, -0.2) is 4.79 Å². The van der Waals surface area contributed by atoms with Crippen LogP contribution in [0.5, 0.6) is 0 Å². The van der Waals surface area contributed by atoms with Gasteiger partial charge in [0.15, 0.2) is 0 Å². The fourth-order valence-electron chi connectivity index (χ4n) is 2.40. The first-order valence-electron chi connectivity index (χ1n) is 5.86. The van der Waals surface area contributed by atoms with Crippen LogP contribution in [-0.4, -0.2) is 22.2 Å². The van der Waals surface area contributed by atoms with Crippen molar-refractivity contribution in [2.24, 2.45) is 0 Å². The number of aromatic nitrogens is 2. The molecule has 0 unspecified atom stereocenters. The van der Waals surface area contributed by atoms with Gasteiger partial charge in [0.25, 0.3) is 0 Å². The number of nitrogens with one attached hydrogen (secondary N) is 1. The van der Waals surface area contributed by atoms with E-state index in [1.54, 1.807) is 0 Å². The molecule has 0 bridgehead atoms. The Balaban J connectivity index is 1.87. The molecule has 1 aliphatic heterocycles. The minimum Gasteiger partial charge on any atom is -0.317 e. The fourth-order valence-corrected chi connectivity index (χ4v) is 2.40. The summed E-state index contributed by atoms with van der Waals surface area (Å²) in [5.74, 6) is 0. The van der Waals surface area contributed by atoms with Crippen LogP contribution in [0.15, 0.2) is 17.2 Å². The zero-order chi connectivity index (χ0) is 10.3. The minimum absolute atomic E-state index is 0.199. The first-order valence-corrected chi connectivity index (χ1v) is 5.86. The highest BCUT2D eigenvalue weighted by molar-refractivity contribution is 4.93. The molecule has 1 N–H and O–H groups in total. The molecule has 1 aliphatic carbocycles. The molecule has 1 saturated heterocycles. The largest absolute Gasteiger partial charge is 0.328 e. The van der Waals surface area contributed by atoms with Crippen molar-refractivity contribution >= 4 is 0 Å². The molecular weight excluding hydrogens is 190 g/mol. The van der Waals surface area contributed by atoms with Crippen LogP contribution in [0.2, 0.25) is 0 Å². The maximum atomic E-state index is 12.1. The van der Waals surface area contributed by atoms with E-state index in [-0.39, 0.29) is 5.69 Å².